The molecule has 0 aliphatic carbocycles. The zero-order valence-corrected chi connectivity index (χ0v) is 16.1. The molecule has 0 unspecified atom stereocenters. The van der Waals surface area contributed by atoms with Crippen molar-refractivity contribution in [3.63, 3.8) is 0 Å². The molecule has 0 radical (unpaired) electrons. The highest BCUT2D eigenvalue weighted by Crippen LogP contribution is 2.27. The normalized spacial score (nSPS) is 17.6. The summed E-state index contributed by atoms with van der Waals surface area (Å²) in [6, 6.07) is 15.1. The highest BCUT2D eigenvalue weighted by molar-refractivity contribution is 5.63. The van der Waals surface area contributed by atoms with E-state index in [1.165, 1.54) is 6.07 Å². The smallest absolute Gasteiger partial charge is 0.156 e. The Kier molecular flexibility index (Phi) is 4.77. The summed E-state index contributed by atoms with van der Waals surface area (Å²) in [7, 11) is 0. The third kappa shape index (κ3) is 3.76. The molecule has 1 aliphatic rings. The van der Waals surface area contributed by atoms with Crippen LogP contribution in [0.5, 0.6) is 0 Å². The highest BCUT2D eigenvalue weighted by atomic mass is 19.1. The maximum atomic E-state index is 14.0. The maximum Gasteiger partial charge on any atom is 0.156 e. The molecule has 0 amide bonds. The zero-order chi connectivity index (χ0) is 19.6. The first-order chi connectivity index (χ1) is 14.3. The molecule has 0 bridgehead atoms. The molecule has 6 heteroatoms. The third-order valence-electron chi connectivity index (χ3n) is 5.58. The number of piperidine rings is 1. The molecule has 5 nitrogen and oxygen atoms in total. The minimum atomic E-state index is -0.135. The average Bonchev–Trinajstić information content (AvgIpc) is 3.20. The van der Waals surface area contributed by atoms with Crippen molar-refractivity contribution < 1.29 is 4.39 Å². The first-order valence-electron chi connectivity index (χ1n) is 9.99. The SMILES string of the molecule is Fc1ccccc1CN1CCC[C@@H](c2nc3ccc(-c4ccncc4)cn3n2)C1. The van der Waals surface area contributed by atoms with Gasteiger partial charge in [0.2, 0.25) is 0 Å². The van der Waals surface area contributed by atoms with Crippen molar-refractivity contribution in [3.05, 3.63) is 84.3 Å². The van der Waals surface area contributed by atoms with Gasteiger partial charge in [-0.2, -0.15) is 5.10 Å². The number of benzene rings is 1. The van der Waals surface area contributed by atoms with Gasteiger partial charge in [-0.05, 0) is 55.3 Å². The van der Waals surface area contributed by atoms with Gasteiger partial charge in [-0.25, -0.2) is 13.9 Å². The summed E-state index contributed by atoms with van der Waals surface area (Å²) in [4.78, 5) is 11.2. The molecule has 1 saturated heterocycles. The Bertz CT molecular complexity index is 1120. The van der Waals surface area contributed by atoms with Gasteiger partial charge >= 0.3 is 0 Å². The van der Waals surface area contributed by atoms with Crippen LogP contribution in [0.4, 0.5) is 4.39 Å². The van der Waals surface area contributed by atoms with Crippen molar-refractivity contribution >= 4 is 5.65 Å². The molecular weight excluding hydrogens is 365 g/mol. The molecule has 4 aromatic rings. The summed E-state index contributed by atoms with van der Waals surface area (Å²) in [5.74, 6) is 0.999. The fourth-order valence-corrected chi connectivity index (χ4v) is 4.07. The summed E-state index contributed by atoms with van der Waals surface area (Å²) >= 11 is 0. The number of likely N-dealkylation sites (tertiary alicyclic amines) is 1. The van der Waals surface area contributed by atoms with E-state index in [2.05, 4.69) is 16.0 Å². The van der Waals surface area contributed by atoms with Crippen molar-refractivity contribution in [1.82, 2.24) is 24.5 Å². The van der Waals surface area contributed by atoms with E-state index in [4.69, 9.17) is 10.1 Å². The summed E-state index contributed by atoms with van der Waals surface area (Å²) < 4.78 is 15.9. The van der Waals surface area contributed by atoms with Gasteiger partial charge in [0.05, 0.1) is 0 Å². The summed E-state index contributed by atoms with van der Waals surface area (Å²) in [6.45, 7) is 2.45. The fourth-order valence-electron chi connectivity index (χ4n) is 4.07. The van der Waals surface area contributed by atoms with E-state index < -0.39 is 0 Å². The minimum absolute atomic E-state index is 0.135. The van der Waals surface area contributed by atoms with Crippen LogP contribution in [0.15, 0.2) is 67.1 Å². The Hall–Kier alpha value is -3.12. The number of halogens is 1. The van der Waals surface area contributed by atoms with Crippen LogP contribution in [0.25, 0.3) is 16.8 Å². The van der Waals surface area contributed by atoms with Gasteiger partial charge < -0.3 is 0 Å². The van der Waals surface area contributed by atoms with E-state index in [0.29, 0.717) is 6.54 Å². The second-order valence-electron chi connectivity index (χ2n) is 7.59. The van der Waals surface area contributed by atoms with E-state index in [9.17, 15) is 4.39 Å². The topological polar surface area (TPSA) is 46.3 Å². The molecule has 3 aromatic heterocycles. The largest absolute Gasteiger partial charge is 0.298 e. The van der Waals surface area contributed by atoms with Crippen molar-refractivity contribution in [1.29, 1.82) is 0 Å². The molecule has 1 atom stereocenters. The number of rotatable bonds is 4. The van der Waals surface area contributed by atoms with Gasteiger partial charge in [-0.15, -0.1) is 0 Å². The van der Waals surface area contributed by atoms with Crippen molar-refractivity contribution in [2.24, 2.45) is 0 Å². The van der Waals surface area contributed by atoms with Gasteiger partial charge in [-0.3, -0.25) is 9.88 Å². The molecule has 0 saturated carbocycles. The number of nitrogens with zero attached hydrogens (tertiary/aromatic N) is 5. The number of aromatic nitrogens is 4. The van der Waals surface area contributed by atoms with Gasteiger partial charge in [0.1, 0.15) is 5.82 Å². The van der Waals surface area contributed by atoms with Crippen LogP contribution in [0, 0.1) is 5.82 Å². The number of fused-ring (bicyclic) bond motifs is 1. The Morgan fingerprint density at radius 2 is 1.86 bits per heavy atom. The molecule has 1 aliphatic heterocycles. The molecule has 1 aromatic carbocycles. The average molecular weight is 387 g/mol. The van der Waals surface area contributed by atoms with Crippen molar-refractivity contribution in [3.8, 4) is 11.1 Å². The number of hydrogen-bond acceptors (Lipinski definition) is 4. The lowest BCUT2D eigenvalue weighted by Gasteiger charge is -2.31. The van der Waals surface area contributed by atoms with Crippen LogP contribution in [0.3, 0.4) is 0 Å². The summed E-state index contributed by atoms with van der Waals surface area (Å²) in [6.07, 6.45) is 7.72. The first-order valence-corrected chi connectivity index (χ1v) is 9.99. The van der Waals surface area contributed by atoms with E-state index in [1.807, 2.05) is 41.0 Å². The standard InChI is InChI=1S/C23H22FN5/c24-21-6-2-1-4-19(21)14-28-13-3-5-20(15-28)23-26-22-8-7-18(16-29(22)27-23)17-9-11-25-12-10-17/h1-2,4,6-12,16,20H,3,5,13-15H2/t20-/m1/s1. The Labute approximate surface area is 168 Å². The van der Waals surface area contributed by atoms with Gasteiger partial charge in [0.25, 0.3) is 0 Å². The molecule has 5 rings (SSSR count). The van der Waals surface area contributed by atoms with E-state index in [0.717, 1.165) is 54.1 Å². The zero-order valence-electron chi connectivity index (χ0n) is 16.1. The minimum Gasteiger partial charge on any atom is -0.298 e. The fraction of sp³-hybridized carbons (Fsp3) is 0.261. The van der Waals surface area contributed by atoms with Crippen molar-refractivity contribution in [2.45, 2.75) is 25.3 Å². The summed E-state index contributed by atoms with van der Waals surface area (Å²) in [5, 5.41) is 4.77. The van der Waals surface area contributed by atoms with Crippen LogP contribution < -0.4 is 0 Å². The quantitative estimate of drug-likeness (QED) is 0.524. The van der Waals surface area contributed by atoms with Crippen LogP contribution in [0.1, 0.15) is 30.1 Å². The molecule has 4 heterocycles. The van der Waals surface area contributed by atoms with Crippen LogP contribution >= 0.6 is 0 Å². The second-order valence-corrected chi connectivity index (χ2v) is 7.59. The highest BCUT2D eigenvalue weighted by Gasteiger charge is 2.25. The monoisotopic (exact) mass is 387 g/mol. The lowest BCUT2D eigenvalue weighted by Crippen LogP contribution is -2.34. The van der Waals surface area contributed by atoms with Crippen molar-refractivity contribution in [2.75, 3.05) is 13.1 Å². The Morgan fingerprint density at radius 1 is 1.00 bits per heavy atom. The lowest BCUT2D eigenvalue weighted by molar-refractivity contribution is 0.194. The number of pyridine rings is 2. The predicted octanol–water partition coefficient (Wildman–Crippen LogP) is 4.31. The van der Waals surface area contributed by atoms with Crippen LogP contribution in [0.2, 0.25) is 0 Å². The molecule has 29 heavy (non-hydrogen) atoms. The second kappa shape index (κ2) is 7.72. The molecule has 146 valence electrons. The Balaban J connectivity index is 1.36. The first kappa shape index (κ1) is 17.9. The van der Waals surface area contributed by atoms with Crippen LogP contribution in [-0.2, 0) is 6.54 Å². The maximum absolute atomic E-state index is 14.0. The lowest BCUT2D eigenvalue weighted by atomic mass is 9.97. The number of hydrogen-bond donors (Lipinski definition) is 0. The van der Waals surface area contributed by atoms with E-state index in [1.54, 1.807) is 18.5 Å². The van der Waals surface area contributed by atoms with E-state index in [-0.39, 0.29) is 11.7 Å². The summed E-state index contributed by atoms with van der Waals surface area (Å²) in [5.41, 5.74) is 3.79. The third-order valence-corrected chi connectivity index (χ3v) is 5.58. The van der Waals surface area contributed by atoms with Crippen LogP contribution in [-0.4, -0.2) is 37.6 Å². The molecular formula is C23H22FN5. The molecule has 1 fully saturated rings. The molecule has 0 N–H and O–H groups in total. The van der Waals surface area contributed by atoms with Gasteiger partial charge in [-0.1, -0.05) is 18.2 Å². The van der Waals surface area contributed by atoms with Gasteiger partial charge in [0.15, 0.2) is 11.5 Å². The van der Waals surface area contributed by atoms with Gasteiger partial charge in [0, 0.05) is 48.7 Å². The Morgan fingerprint density at radius 3 is 2.72 bits per heavy atom. The van der Waals surface area contributed by atoms with E-state index >= 15 is 0 Å². The predicted molar refractivity (Wildman–Crippen MR) is 110 cm³/mol. The molecule has 0 spiro atoms.